The third-order valence-corrected chi connectivity index (χ3v) is 6.03. The number of amides is 1. The number of ether oxygens (including phenoxy) is 3. The normalized spacial score (nSPS) is 16.4. The van der Waals surface area contributed by atoms with Gasteiger partial charge in [0.05, 0.1) is 23.7 Å². The van der Waals surface area contributed by atoms with Gasteiger partial charge in [-0.05, 0) is 30.9 Å². The Morgan fingerprint density at radius 1 is 1.06 bits per heavy atom. The van der Waals surface area contributed by atoms with Crippen molar-refractivity contribution in [3.05, 3.63) is 48.0 Å². The molecule has 2 aliphatic rings. The van der Waals surface area contributed by atoms with Crippen LogP contribution >= 0.6 is 31.8 Å². The number of hydrogen-bond acceptors (Lipinski definition) is 8. The number of rotatable bonds is 9. The summed E-state index contributed by atoms with van der Waals surface area (Å²) >= 11 is 15.5. The Balaban J connectivity index is 2.62. The third-order valence-electron chi connectivity index (χ3n) is 3.95. The highest BCUT2D eigenvalue weighted by Crippen LogP contribution is 2.40. The second kappa shape index (κ2) is 11.2. The van der Waals surface area contributed by atoms with E-state index in [4.69, 9.17) is 50.5 Å². The molecule has 0 atom stereocenters. The molecule has 0 radical (unpaired) electrons. The fourth-order valence-corrected chi connectivity index (χ4v) is 3.99. The number of allylic oxidation sites excluding steroid dienone is 8. The van der Waals surface area contributed by atoms with Gasteiger partial charge in [-0.2, -0.15) is 13.2 Å². The van der Waals surface area contributed by atoms with Crippen LogP contribution in [0.2, 0.25) is 0 Å². The van der Waals surface area contributed by atoms with Gasteiger partial charge in [0, 0.05) is 12.8 Å². The van der Waals surface area contributed by atoms with Crippen LogP contribution in [0.5, 0.6) is 0 Å². The number of hydrogen-bond donors (Lipinski definition) is 0. The standard InChI is InChI=1S/C19H17F3NO5PS3/c1-2-26-16(24)11-23(17(25)18(20,21)22)19(29-32,27-12-7-3-5-9-14(12)30)28-13-8-4-6-10-15(13)31/h3-8H,2,9-11H2,1H3. The monoisotopic (exact) mass is 523 g/mol. The zero-order valence-corrected chi connectivity index (χ0v) is 19.9. The molecule has 2 aliphatic carbocycles. The lowest BCUT2D eigenvalue weighted by molar-refractivity contribution is -0.238. The second-order valence-electron chi connectivity index (χ2n) is 6.21. The molecule has 0 saturated heterocycles. The van der Waals surface area contributed by atoms with E-state index in [0.29, 0.717) is 0 Å². The largest absolute Gasteiger partial charge is 0.471 e. The van der Waals surface area contributed by atoms with E-state index in [1.54, 1.807) is 24.3 Å². The van der Waals surface area contributed by atoms with Crippen LogP contribution < -0.4 is 0 Å². The highest BCUT2D eigenvalue weighted by atomic mass is 32.4. The summed E-state index contributed by atoms with van der Waals surface area (Å²) < 4.78 is 56.8. The van der Waals surface area contributed by atoms with Crippen LogP contribution in [0.3, 0.4) is 0 Å². The van der Waals surface area contributed by atoms with Crippen molar-refractivity contribution >= 4 is 65.2 Å². The lowest BCUT2D eigenvalue weighted by Crippen LogP contribution is -2.57. The molecule has 0 heterocycles. The fraction of sp³-hybridized carbons (Fsp3) is 0.368. The van der Waals surface area contributed by atoms with Gasteiger partial charge >= 0.3 is 23.7 Å². The van der Waals surface area contributed by atoms with Crippen LogP contribution in [-0.2, 0) is 35.6 Å². The maximum Gasteiger partial charge on any atom is 0.471 e. The summed E-state index contributed by atoms with van der Waals surface area (Å²) in [5.74, 6) is -3.57. The highest BCUT2D eigenvalue weighted by molar-refractivity contribution is 7.97. The summed E-state index contributed by atoms with van der Waals surface area (Å²) in [5, 5.41) is 0. The Bertz CT molecular complexity index is 899. The molecule has 0 N–H and O–H groups in total. The lowest BCUT2D eigenvalue weighted by atomic mass is 10.1. The molecular formula is C19H17F3NO5PS3. The summed E-state index contributed by atoms with van der Waals surface area (Å²) in [7, 11) is -0.402. The van der Waals surface area contributed by atoms with Crippen molar-refractivity contribution in [3.8, 4) is 0 Å². The molecular weight excluding hydrogens is 506 g/mol. The summed E-state index contributed by atoms with van der Waals surface area (Å²) in [4.78, 5) is 25.1. The summed E-state index contributed by atoms with van der Waals surface area (Å²) in [6.45, 7) is 0.212. The molecule has 0 bridgehead atoms. The SMILES string of the molecule is CCOC(=O)CN(C(=O)C(F)(F)F)C(OC1=CC=CCC1=S)(OC1=CC=CCC1=S)P=S. The number of esters is 1. The van der Waals surface area contributed by atoms with Crippen LogP contribution in [-0.4, -0.2) is 51.5 Å². The highest BCUT2D eigenvalue weighted by Gasteiger charge is 2.55. The van der Waals surface area contributed by atoms with Crippen molar-refractivity contribution in [2.75, 3.05) is 13.2 Å². The van der Waals surface area contributed by atoms with E-state index in [2.05, 4.69) is 0 Å². The van der Waals surface area contributed by atoms with E-state index in [1.807, 2.05) is 0 Å². The minimum absolute atomic E-state index is 0.0263. The topological polar surface area (TPSA) is 65.1 Å². The van der Waals surface area contributed by atoms with Crippen LogP contribution in [0.4, 0.5) is 13.2 Å². The minimum atomic E-state index is -5.37. The van der Waals surface area contributed by atoms with E-state index in [-0.39, 0.29) is 45.6 Å². The summed E-state index contributed by atoms with van der Waals surface area (Å²) in [6, 6.07) is 0. The predicted octanol–water partition coefficient (Wildman–Crippen LogP) is 4.42. The maximum absolute atomic E-state index is 13.5. The van der Waals surface area contributed by atoms with Gasteiger partial charge in [0.25, 0.3) is 0 Å². The molecule has 0 aromatic rings. The fourth-order valence-electron chi connectivity index (χ4n) is 2.52. The zero-order chi connectivity index (χ0) is 23.9. The molecule has 32 heavy (non-hydrogen) atoms. The van der Waals surface area contributed by atoms with Crippen LogP contribution in [0.15, 0.2) is 48.0 Å². The predicted molar refractivity (Wildman–Crippen MR) is 122 cm³/mol. The van der Waals surface area contributed by atoms with Crippen molar-refractivity contribution in [2.45, 2.75) is 31.6 Å². The molecule has 0 aliphatic heterocycles. The van der Waals surface area contributed by atoms with Gasteiger partial charge in [-0.1, -0.05) is 48.7 Å². The van der Waals surface area contributed by atoms with Crippen molar-refractivity contribution in [1.29, 1.82) is 0 Å². The van der Waals surface area contributed by atoms with Crippen molar-refractivity contribution < 1.29 is 37.0 Å². The van der Waals surface area contributed by atoms with Gasteiger partial charge in [-0.3, -0.25) is 9.59 Å². The Labute approximate surface area is 199 Å². The number of thiocarbonyl (C=S) groups is 2. The first-order valence-electron chi connectivity index (χ1n) is 9.11. The first-order chi connectivity index (χ1) is 15.0. The molecule has 6 nitrogen and oxygen atoms in total. The van der Waals surface area contributed by atoms with Gasteiger partial charge in [-0.25, -0.2) is 4.90 Å². The molecule has 0 saturated carbocycles. The van der Waals surface area contributed by atoms with E-state index in [0.717, 1.165) is 0 Å². The number of carbonyl (C=O) groups excluding carboxylic acids is 2. The van der Waals surface area contributed by atoms with Gasteiger partial charge < -0.3 is 14.2 Å². The molecule has 0 aromatic carbocycles. The molecule has 0 aromatic heterocycles. The first kappa shape index (κ1) is 26.2. The van der Waals surface area contributed by atoms with Gasteiger partial charge in [0.2, 0.25) is 0 Å². The maximum atomic E-state index is 13.5. The molecule has 1 amide bonds. The van der Waals surface area contributed by atoms with Crippen molar-refractivity contribution in [2.24, 2.45) is 0 Å². The average Bonchev–Trinajstić information content (AvgIpc) is 2.73. The van der Waals surface area contributed by atoms with Crippen LogP contribution in [0, 0.1) is 0 Å². The number of alkyl halides is 3. The molecule has 13 heteroatoms. The molecule has 0 spiro atoms. The smallest absolute Gasteiger partial charge is 0.465 e. The number of halogens is 3. The average molecular weight is 524 g/mol. The summed E-state index contributed by atoms with van der Waals surface area (Å²) in [6.07, 6.45) is 4.56. The van der Waals surface area contributed by atoms with Crippen LogP contribution in [0.25, 0.3) is 0 Å². The van der Waals surface area contributed by atoms with E-state index in [9.17, 15) is 22.8 Å². The molecule has 2 rings (SSSR count). The Morgan fingerprint density at radius 3 is 1.94 bits per heavy atom. The molecule has 172 valence electrons. The zero-order valence-electron chi connectivity index (χ0n) is 16.6. The molecule has 0 fully saturated rings. The minimum Gasteiger partial charge on any atom is -0.465 e. The van der Waals surface area contributed by atoms with Gasteiger partial charge in [-0.15, -0.1) is 0 Å². The van der Waals surface area contributed by atoms with E-state index >= 15 is 0 Å². The first-order valence-corrected chi connectivity index (χ1v) is 11.8. The van der Waals surface area contributed by atoms with Gasteiger partial charge in [0.15, 0.2) is 0 Å². The number of carbonyl (C=O) groups is 2. The van der Waals surface area contributed by atoms with Crippen molar-refractivity contribution in [3.63, 3.8) is 0 Å². The van der Waals surface area contributed by atoms with Crippen molar-refractivity contribution in [1.82, 2.24) is 4.90 Å². The Hall–Kier alpha value is -2.01. The Morgan fingerprint density at radius 2 is 1.56 bits per heavy atom. The van der Waals surface area contributed by atoms with E-state index < -0.39 is 37.6 Å². The third kappa shape index (κ3) is 6.50. The summed E-state index contributed by atoms with van der Waals surface area (Å²) in [5.41, 5.74) is -2.59. The van der Waals surface area contributed by atoms with Gasteiger partial charge in [0.1, 0.15) is 18.1 Å². The Kier molecular flexibility index (Phi) is 9.20. The van der Waals surface area contributed by atoms with E-state index in [1.165, 1.54) is 19.1 Å². The lowest BCUT2D eigenvalue weighted by Gasteiger charge is -2.40. The molecule has 0 unspecified atom stereocenters. The number of nitrogens with zero attached hydrogens (tertiary/aromatic N) is 1. The quantitative estimate of drug-likeness (QED) is 0.191. The second-order valence-corrected chi connectivity index (χ2v) is 8.49. The van der Waals surface area contributed by atoms with Crippen LogP contribution in [0.1, 0.15) is 19.8 Å².